The standard InChI is InChI=1S/C28H33FN2O2/c1-17-6-8-24(30)14-21-12-22(16-32)28(18(2)33)26(27(17)21)11-10-25-9-7-20(15-31-25)19-4-3-5-23(29)13-19/h3-5,7,9-11,13,15-16,18,21-22,24,26-28,33H,1,6,8,12,14,30H2,2H3/b11-10+/t18-,21-,22+,24+,26+,27?,28-/m1/s1. The Morgan fingerprint density at radius 1 is 1.24 bits per heavy atom. The fourth-order valence-corrected chi connectivity index (χ4v) is 6.01. The van der Waals surface area contributed by atoms with Crippen molar-refractivity contribution in [1.29, 1.82) is 0 Å². The second kappa shape index (κ2) is 10.1. The number of nitrogens with zero attached hydrogens (tertiary/aromatic N) is 1. The maximum Gasteiger partial charge on any atom is 0.123 e. The van der Waals surface area contributed by atoms with Crippen LogP contribution in [0.2, 0.25) is 0 Å². The van der Waals surface area contributed by atoms with Crippen molar-refractivity contribution in [3.8, 4) is 11.1 Å². The summed E-state index contributed by atoms with van der Waals surface area (Å²) in [6, 6.07) is 10.4. The molecule has 33 heavy (non-hydrogen) atoms. The second-order valence-corrected chi connectivity index (χ2v) is 9.75. The summed E-state index contributed by atoms with van der Waals surface area (Å²) >= 11 is 0. The van der Waals surface area contributed by atoms with E-state index in [4.69, 9.17) is 5.73 Å². The van der Waals surface area contributed by atoms with Gasteiger partial charge >= 0.3 is 0 Å². The Morgan fingerprint density at radius 3 is 2.73 bits per heavy atom. The molecule has 2 aliphatic carbocycles. The minimum atomic E-state index is -0.608. The molecule has 0 aliphatic heterocycles. The van der Waals surface area contributed by atoms with Crippen molar-refractivity contribution in [2.45, 2.75) is 44.8 Å². The number of pyridine rings is 1. The number of carbonyl (C=O) groups is 1. The first-order chi connectivity index (χ1) is 15.9. The molecule has 3 N–H and O–H groups in total. The molecule has 1 unspecified atom stereocenters. The molecule has 4 nitrogen and oxygen atoms in total. The molecule has 0 saturated heterocycles. The number of nitrogens with two attached hydrogens (primary N) is 1. The van der Waals surface area contributed by atoms with Gasteiger partial charge in [-0.15, -0.1) is 0 Å². The van der Waals surface area contributed by atoms with E-state index in [9.17, 15) is 14.3 Å². The van der Waals surface area contributed by atoms with Crippen molar-refractivity contribution in [3.05, 3.63) is 72.3 Å². The number of aldehydes is 1. The molecule has 2 fully saturated rings. The average Bonchev–Trinajstić information content (AvgIpc) is 2.94. The number of aromatic nitrogens is 1. The van der Waals surface area contributed by atoms with Gasteiger partial charge in [-0.05, 0) is 80.2 Å². The van der Waals surface area contributed by atoms with E-state index in [2.05, 4.69) is 17.6 Å². The van der Waals surface area contributed by atoms with Gasteiger partial charge in [0.25, 0.3) is 0 Å². The molecule has 0 radical (unpaired) electrons. The minimum absolute atomic E-state index is 0.0126. The maximum atomic E-state index is 13.6. The van der Waals surface area contributed by atoms with Gasteiger partial charge in [-0.25, -0.2) is 4.39 Å². The Bertz CT molecular complexity index is 1020. The van der Waals surface area contributed by atoms with Crippen molar-refractivity contribution in [2.75, 3.05) is 0 Å². The zero-order chi connectivity index (χ0) is 23.5. The molecular weight excluding hydrogens is 415 g/mol. The molecule has 4 rings (SSSR count). The molecular formula is C28H33FN2O2. The molecule has 174 valence electrons. The summed E-state index contributed by atoms with van der Waals surface area (Å²) in [6.45, 7) is 6.17. The van der Waals surface area contributed by atoms with E-state index in [1.165, 1.54) is 17.7 Å². The van der Waals surface area contributed by atoms with Crippen molar-refractivity contribution in [1.82, 2.24) is 4.98 Å². The third kappa shape index (κ3) is 5.15. The smallest absolute Gasteiger partial charge is 0.123 e. The SMILES string of the molecule is C=C1CC[C@H](N)C[C@H]2C[C@@H](C=O)[C@@H]([C@@H](C)O)[C@@H](/C=C/c3ccc(-c4cccc(F)c4)cn3)C12. The van der Waals surface area contributed by atoms with Gasteiger partial charge < -0.3 is 15.6 Å². The zero-order valence-electron chi connectivity index (χ0n) is 19.1. The summed E-state index contributed by atoms with van der Waals surface area (Å²) in [5, 5.41) is 10.6. The first kappa shape index (κ1) is 23.5. The summed E-state index contributed by atoms with van der Waals surface area (Å²) in [6.07, 6.45) is 9.65. The van der Waals surface area contributed by atoms with Crippen LogP contribution in [-0.2, 0) is 4.79 Å². The number of carbonyl (C=O) groups excluding carboxylic acids is 1. The highest BCUT2D eigenvalue weighted by molar-refractivity contribution is 5.63. The summed E-state index contributed by atoms with van der Waals surface area (Å²) < 4.78 is 13.6. The van der Waals surface area contributed by atoms with Crippen molar-refractivity contribution in [3.63, 3.8) is 0 Å². The topological polar surface area (TPSA) is 76.2 Å². The van der Waals surface area contributed by atoms with Crippen LogP contribution in [-0.4, -0.2) is 28.5 Å². The van der Waals surface area contributed by atoms with Crippen LogP contribution in [0.4, 0.5) is 4.39 Å². The van der Waals surface area contributed by atoms with E-state index in [1.807, 2.05) is 24.3 Å². The summed E-state index contributed by atoms with van der Waals surface area (Å²) in [7, 11) is 0. The minimum Gasteiger partial charge on any atom is -0.393 e. The monoisotopic (exact) mass is 448 g/mol. The third-order valence-corrected chi connectivity index (χ3v) is 7.51. The Morgan fingerprint density at radius 2 is 2.06 bits per heavy atom. The zero-order valence-corrected chi connectivity index (χ0v) is 19.1. The van der Waals surface area contributed by atoms with E-state index in [0.29, 0.717) is 0 Å². The maximum absolute atomic E-state index is 13.6. The lowest BCUT2D eigenvalue weighted by Gasteiger charge is -2.46. The highest BCUT2D eigenvalue weighted by atomic mass is 19.1. The molecule has 2 saturated carbocycles. The van der Waals surface area contributed by atoms with Crippen LogP contribution < -0.4 is 5.73 Å². The van der Waals surface area contributed by atoms with Gasteiger partial charge in [-0.3, -0.25) is 4.98 Å². The number of fused-ring (bicyclic) bond motifs is 1. The lowest BCUT2D eigenvalue weighted by molar-refractivity contribution is -0.119. The van der Waals surface area contributed by atoms with E-state index >= 15 is 0 Å². The molecule has 0 bridgehead atoms. The number of benzene rings is 1. The van der Waals surface area contributed by atoms with Crippen LogP contribution in [0, 0.1) is 35.4 Å². The number of hydrogen-bond acceptors (Lipinski definition) is 4. The third-order valence-electron chi connectivity index (χ3n) is 7.51. The molecule has 2 aromatic rings. The lowest BCUT2D eigenvalue weighted by Crippen LogP contribution is -2.45. The molecule has 5 heteroatoms. The summed E-state index contributed by atoms with van der Waals surface area (Å²) in [5.74, 6) is -0.183. The van der Waals surface area contributed by atoms with Crippen LogP contribution in [0.3, 0.4) is 0 Å². The van der Waals surface area contributed by atoms with Crippen LogP contribution >= 0.6 is 0 Å². The van der Waals surface area contributed by atoms with Gasteiger partial charge in [-0.1, -0.05) is 36.4 Å². The molecule has 0 amide bonds. The van der Waals surface area contributed by atoms with Gasteiger partial charge in [0, 0.05) is 29.6 Å². The molecule has 1 aromatic carbocycles. The van der Waals surface area contributed by atoms with E-state index in [0.717, 1.165) is 48.8 Å². The first-order valence-corrected chi connectivity index (χ1v) is 11.8. The van der Waals surface area contributed by atoms with Gasteiger partial charge in [0.05, 0.1) is 11.8 Å². The molecule has 1 heterocycles. The van der Waals surface area contributed by atoms with Crippen LogP contribution in [0.5, 0.6) is 0 Å². The summed E-state index contributed by atoms with van der Waals surface area (Å²) in [5.41, 5.74) is 9.91. The number of allylic oxidation sites excluding steroid dienone is 2. The Kier molecular flexibility index (Phi) is 7.20. The Hall–Kier alpha value is -2.63. The van der Waals surface area contributed by atoms with Crippen LogP contribution in [0.1, 0.15) is 38.3 Å². The quantitative estimate of drug-likeness (QED) is 0.497. The predicted octanol–water partition coefficient (Wildman–Crippen LogP) is 5.03. The highest BCUT2D eigenvalue weighted by Gasteiger charge is 2.47. The summed E-state index contributed by atoms with van der Waals surface area (Å²) in [4.78, 5) is 16.5. The lowest BCUT2D eigenvalue weighted by atomic mass is 9.58. The van der Waals surface area contributed by atoms with Crippen molar-refractivity contribution < 1.29 is 14.3 Å². The molecule has 1 aromatic heterocycles. The van der Waals surface area contributed by atoms with Crippen LogP contribution in [0.15, 0.2) is 60.8 Å². The predicted molar refractivity (Wildman–Crippen MR) is 129 cm³/mol. The van der Waals surface area contributed by atoms with Gasteiger partial charge in [0.1, 0.15) is 12.1 Å². The van der Waals surface area contributed by atoms with Crippen molar-refractivity contribution >= 4 is 12.4 Å². The highest BCUT2D eigenvalue weighted by Crippen LogP contribution is 2.50. The molecule has 0 spiro atoms. The normalized spacial score (nSPS) is 31.1. The van der Waals surface area contributed by atoms with E-state index in [1.54, 1.807) is 19.2 Å². The fourth-order valence-electron chi connectivity index (χ4n) is 6.01. The van der Waals surface area contributed by atoms with Crippen LogP contribution in [0.25, 0.3) is 17.2 Å². The largest absolute Gasteiger partial charge is 0.393 e. The van der Waals surface area contributed by atoms with E-state index < -0.39 is 6.10 Å². The fraction of sp³-hybridized carbons (Fsp3) is 0.429. The first-order valence-electron chi connectivity index (χ1n) is 11.8. The van der Waals surface area contributed by atoms with E-state index in [-0.39, 0.29) is 41.4 Å². The molecule has 2 aliphatic rings. The second-order valence-electron chi connectivity index (χ2n) is 9.75. The van der Waals surface area contributed by atoms with Gasteiger partial charge in [0.15, 0.2) is 0 Å². The van der Waals surface area contributed by atoms with Crippen molar-refractivity contribution in [2.24, 2.45) is 35.3 Å². The number of aliphatic hydroxyl groups excluding tert-OH is 1. The molecule has 7 atom stereocenters. The Labute approximate surface area is 195 Å². The number of halogens is 1. The Balaban J connectivity index is 1.63. The van der Waals surface area contributed by atoms with Gasteiger partial charge in [-0.2, -0.15) is 0 Å². The average molecular weight is 449 g/mol. The number of aliphatic hydroxyl groups is 1. The number of hydrogen-bond donors (Lipinski definition) is 2. The van der Waals surface area contributed by atoms with Gasteiger partial charge in [0.2, 0.25) is 0 Å². The number of rotatable bonds is 5.